The third-order valence-corrected chi connectivity index (χ3v) is 4.15. The molecule has 0 aliphatic carbocycles. The Labute approximate surface area is 123 Å². The van der Waals surface area contributed by atoms with Gasteiger partial charge in [-0.3, -0.25) is 9.59 Å². The Balaban J connectivity index is 2.09. The van der Waals surface area contributed by atoms with Gasteiger partial charge in [0.2, 0.25) is 11.8 Å². The van der Waals surface area contributed by atoms with Crippen molar-refractivity contribution in [3.05, 3.63) is 35.9 Å². The van der Waals surface area contributed by atoms with Gasteiger partial charge in [0, 0.05) is 18.7 Å². The van der Waals surface area contributed by atoms with Crippen LogP contribution < -0.4 is 5.32 Å². The maximum Gasteiger partial charge on any atom is 0.246 e. The number of thioether (sulfide) groups is 1. The van der Waals surface area contributed by atoms with Crippen molar-refractivity contribution in [3.63, 3.8) is 0 Å². The number of carbonyl (C=O) groups is 2. The zero-order chi connectivity index (χ0) is 14.5. The number of hydrogen-bond acceptors (Lipinski definition) is 3. The summed E-state index contributed by atoms with van der Waals surface area (Å²) in [4.78, 5) is 26.2. The van der Waals surface area contributed by atoms with Crippen molar-refractivity contribution in [1.29, 1.82) is 0 Å². The first-order valence-electron chi connectivity index (χ1n) is 6.77. The normalized spacial score (nSPS) is 22.8. The molecule has 0 radical (unpaired) electrons. The van der Waals surface area contributed by atoms with Crippen LogP contribution in [0.1, 0.15) is 12.5 Å². The molecule has 4 nitrogen and oxygen atoms in total. The highest BCUT2D eigenvalue weighted by Gasteiger charge is 2.37. The topological polar surface area (TPSA) is 49.4 Å². The third kappa shape index (κ3) is 3.33. The molecule has 2 atom stereocenters. The van der Waals surface area contributed by atoms with Crippen LogP contribution in [-0.2, 0) is 16.0 Å². The van der Waals surface area contributed by atoms with Crippen molar-refractivity contribution in [2.45, 2.75) is 25.4 Å². The van der Waals surface area contributed by atoms with Crippen molar-refractivity contribution in [3.8, 4) is 0 Å². The number of nitrogens with zero attached hydrogens (tertiary/aromatic N) is 1. The van der Waals surface area contributed by atoms with Crippen LogP contribution in [0.4, 0.5) is 0 Å². The van der Waals surface area contributed by atoms with Crippen LogP contribution in [0, 0.1) is 0 Å². The predicted octanol–water partition coefficient (Wildman–Crippen LogP) is 1.31. The van der Waals surface area contributed by atoms with E-state index < -0.39 is 6.04 Å². The minimum absolute atomic E-state index is 0.0232. The summed E-state index contributed by atoms with van der Waals surface area (Å²) in [6.07, 6.45) is 2.55. The highest BCUT2D eigenvalue weighted by molar-refractivity contribution is 7.98. The summed E-state index contributed by atoms with van der Waals surface area (Å²) in [6, 6.07) is 8.96. The van der Waals surface area contributed by atoms with Crippen molar-refractivity contribution < 1.29 is 9.59 Å². The third-order valence-electron chi connectivity index (χ3n) is 3.56. The minimum Gasteiger partial charge on any atom is -0.342 e. The van der Waals surface area contributed by atoms with Crippen LogP contribution in [0.5, 0.6) is 0 Å². The zero-order valence-electron chi connectivity index (χ0n) is 11.8. The fraction of sp³-hybridized carbons (Fsp3) is 0.467. The Bertz CT molecular complexity index is 478. The fourth-order valence-electron chi connectivity index (χ4n) is 2.37. The molecule has 5 heteroatoms. The van der Waals surface area contributed by atoms with Crippen LogP contribution in [0.15, 0.2) is 30.3 Å². The van der Waals surface area contributed by atoms with E-state index in [-0.39, 0.29) is 17.9 Å². The van der Waals surface area contributed by atoms with Gasteiger partial charge in [-0.25, -0.2) is 0 Å². The molecule has 108 valence electrons. The lowest BCUT2D eigenvalue weighted by Gasteiger charge is -2.37. The van der Waals surface area contributed by atoms with Gasteiger partial charge in [0.25, 0.3) is 0 Å². The number of benzene rings is 1. The van der Waals surface area contributed by atoms with Gasteiger partial charge >= 0.3 is 0 Å². The molecule has 0 bridgehead atoms. The summed E-state index contributed by atoms with van der Waals surface area (Å²) in [5.41, 5.74) is 1.06. The summed E-state index contributed by atoms with van der Waals surface area (Å²) in [6.45, 7) is 2.41. The van der Waals surface area contributed by atoms with Crippen molar-refractivity contribution >= 4 is 23.6 Å². The molecule has 20 heavy (non-hydrogen) atoms. The number of amides is 2. The Hall–Kier alpha value is -1.49. The largest absolute Gasteiger partial charge is 0.342 e. The molecule has 2 amide bonds. The summed E-state index contributed by atoms with van der Waals surface area (Å²) >= 11 is 1.68. The van der Waals surface area contributed by atoms with Crippen molar-refractivity contribution in [2.75, 3.05) is 18.6 Å². The van der Waals surface area contributed by atoms with E-state index in [1.54, 1.807) is 23.6 Å². The Morgan fingerprint density at radius 3 is 2.60 bits per heavy atom. The van der Waals surface area contributed by atoms with Gasteiger partial charge in [-0.1, -0.05) is 30.3 Å². The Morgan fingerprint density at radius 1 is 1.25 bits per heavy atom. The number of hydrogen-bond donors (Lipinski definition) is 1. The van der Waals surface area contributed by atoms with Crippen LogP contribution in [-0.4, -0.2) is 47.4 Å². The maximum absolute atomic E-state index is 12.5. The van der Waals surface area contributed by atoms with Gasteiger partial charge in [-0.2, -0.15) is 11.8 Å². The Morgan fingerprint density at radius 2 is 1.95 bits per heavy atom. The van der Waals surface area contributed by atoms with Gasteiger partial charge < -0.3 is 10.2 Å². The van der Waals surface area contributed by atoms with Gasteiger partial charge in [-0.05, 0) is 18.7 Å². The van der Waals surface area contributed by atoms with Crippen LogP contribution in [0.2, 0.25) is 0 Å². The van der Waals surface area contributed by atoms with Crippen molar-refractivity contribution in [1.82, 2.24) is 10.2 Å². The number of piperazine rings is 1. The monoisotopic (exact) mass is 292 g/mol. The number of carbonyl (C=O) groups excluding carboxylic acids is 2. The molecule has 1 aliphatic rings. The number of rotatable bonds is 5. The summed E-state index contributed by atoms with van der Waals surface area (Å²) in [7, 11) is 0. The first-order chi connectivity index (χ1) is 9.63. The van der Waals surface area contributed by atoms with Gasteiger partial charge in [-0.15, -0.1) is 0 Å². The molecular weight excluding hydrogens is 272 g/mol. The molecule has 1 N–H and O–H groups in total. The molecule has 0 spiro atoms. The lowest BCUT2D eigenvalue weighted by Crippen LogP contribution is -2.63. The van der Waals surface area contributed by atoms with E-state index >= 15 is 0 Å². The molecule has 1 fully saturated rings. The molecule has 1 saturated heterocycles. The molecule has 1 aliphatic heterocycles. The first kappa shape index (κ1) is 14.9. The van der Waals surface area contributed by atoms with Gasteiger partial charge in [0.1, 0.15) is 12.1 Å². The molecule has 2 unspecified atom stereocenters. The predicted molar refractivity (Wildman–Crippen MR) is 81.6 cm³/mol. The second kappa shape index (κ2) is 6.79. The van der Waals surface area contributed by atoms with E-state index in [1.165, 1.54) is 0 Å². The molecular formula is C15H20N2O2S. The first-order valence-corrected chi connectivity index (χ1v) is 8.16. The summed E-state index contributed by atoms with van der Waals surface area (Å²) < 4.78 is 0. The lowest BCUT2D eigenvalue weighted by atomic mass is 10.0. The molecule has 0 aromatic heterocycles. The van der Waals surface area contributed by atoms with Crippen LogP contribution >= 0.6 is 11.8 Å². The molecule has 1 heterocycles. The average molecular weight is 292 g/mol. The van der Waals surface area contributed by atoms with E-state index in [4.69, 9.17) is 0 Å². The standard InChI is InChI=1S/C15H20N2O2S/c1-11-14(18)16-13(10-12-6-4-3-5-7-12)15(19)17(11)8-9-20-2/h3-7,11,13H,8-10H2,1-2H3,(H,16,18). The van der Waals surface area contributed by atoms with Crippen LogP contribution in [0.3, 0.4) is 0 Å². The SMILES string of the molecule is CSCCN1C(=O)C(Cc2ccccc2)NC(=O)C1C. The average Bonchev–Trinajstić information content (AvgIpc) is 2.46. The van der Waals surface area contributed by atoms with E-state index in [9.17, 15) is 9.59 Å². The molecule has 1 aromatic carbocycles. The maximum atomic E-state index is 12.5. The lowest BCUT2D eigenvalue weighted by molar-refractivity contribution is -0.148. The zero-order valence-corrected chi connectivity index (χ0v) is 12.7. The highest BCUT2D eigenvalue weighted by atomic mass is 32.2. The minimum atomic E-state index is -0.442. The van der Waals surface area contributed by atoms with E-state index in [2.05, 4.69) is 5.32 Å². The van der Waals surface area contributed by atoms with Crippen LogP contribution in [0.25, 0.3) is 0 Å². The van der Waals surface area contributed by atoms with Crippen molar-refractivity contribution in [2.24, 2.45) is 0 Å². The quantitative estimate of drug-likeness (QED) is 0.890. The van der Waals surface area contributed by atoms with Gasteiger partial charge in [0.15, 0.2) is 0 Å². The van der Waals surface area contributed by atoms with E-state index in [0.717, 1.165) is 11.3 Å². The summed E-state index contributed by atoms with van der Waals surface area (Å²) in [5.74, 6) is 0.808. The smallest absolute Gasteiger partial charge is 0.246 e. The second-order valence-corrected chi connectivity index (χ2v) is 5.94. The number of nitrogens with one attached hydrogen (secondary N) is 1. The molecule has 2 rings (SSSR count). The molecule has 0 saturated carbocycles. The second-order valence-electron chi connectivity index (χ2n) is 4.95. The Kier molecular flexibility index (Phi) is 5.06. The van der Waals surface area contributed by atoms with E-state index in [1.807, 2.05) is 36.6 Å². The molecule has 1 aromatic rings. The van der Waals surface area contributed by atoms with Gasteiger partial charge in [0.05, 0.1) is 0 Å². The highest BCUT2D eigenvalue weighted by Crippen LogP contribution is 2.14. The summed E-state index contributed by atoms with van der Waals surface area (Å²) in [5, 5.41) is 2.83. The van der Waals surface area contributed by atoms with E-state index in [0.29, 0.717) is 13.0 Å². The fourth-order valence-corrected chi connectivity index (χ4v) is 2.75.